The van der Waals surface area contributed by atoms with Crippen LogP contribution in [0.25, 0.3) is 0 Å². The summed E-state index contributed by atoms with van der Waals surface area (Å²) in [6, 6.07) is 0. The molecule has 2 atom stereocenters. The molecule has 2 rings (SSSR count). The van der Waals surface area contributed by atoms with E-state index in [-0.39, 0.29) is 18.0 Å². The molecule has 0 saturated heterocycles. The van der Waals surface area contributed by atoms with Crippen LogP contribution in [0.2, 0.25) is 0 Å². The minimum Gasteiger partial charge on any atom is -0.307 e. The number of hydrogen-bond acceptors (Lipinski definition) is 3. The normalized spacial score (nSPS) is 23.8. The smallest absolute Gasteiger partial charge is 0.307 e. The third kappa shape index (κ3) is 4.42. The SMILES string of the molecule is CC1CCC(c2nc(C(F)(F)F)c(CNC(C)(C)C)s2)C1. The van der Waals surface area contributed by atoms with E-state index < -0.39 is 11.9 Å². The Kier molecular flexibility index (Phi) is 4.69. The van der Waals surface area contributed by atoms with Gasteiger partial charge in [-0.1, -0.05) is 13.3 Å². The van der Waals surface area contributed by atoms with Crippen LogP contribution in [0.5, 0.6) is 0 Å². The third-order valence-corrected chi connectivity index (χ3v) is 5.02. The third-order valence-electron chi connectivity index (χ3n) is 3.81. The summed E-state index contributed by atoms with van der Waals surface area (Å²) >= 11 is 1.23. The number of nitrogens with zero attached hydrogens (tertiary/aromatic N) is 1. The maximum absolute atomic E-state index is 13.2. The molecule has 0 aromatic carbocycles. The molecule has 6 heteroatoms. The average molecular weight is 320 g/mol. The quantitative estimate of drug-likeness (QED) is 0.852. The lowest BCUT2D eigenvalue weighted by molar-refractivity contribution is -0.141. The highest BCUT2D eigenvalue weighted by atomic mass is 32.1. The van der Waals surface area contributed by atoms with Gasteiger partial charge in [0.15, 0.2) is 5.69 Å². The van der Waals surface area contributed by atoms with Crippen molar-refractivity contribution in [2.75, 3.05) is 0 Å². The molecule has 1 heterocycles. The largest absolute Gasteiger partial charge is 0.434 e. The summed E-state index contributed by atoms with van der Waals surface area (Å²) in [4.78, 5) is 4.26. The van der Waals surface area contributed by atoms with Crippen LogP contribution >= 0.6 is 11.3 Å². The first-order valence-electron chi connectivity index (χ1n) is 7.38. The van der Waals surface area contributed by atoms with E-state index >= 15 is 0 Å². The van der Waals surface area contributed by atoms with Gasteiger partial charge in [-0.05, 0) is 39.5 Å². The summed E-state index contributed by atoms with van der Waals surface area (Å²) in [5.41, 5.74) is -0.909. The van der Waals surface area contributed by atoms with Gasteiger partial charge in [-0.2, -0.15) is 13.2 Å². The van der Waals surface area contributed by atoms with Gasteiger partial charge in [0.05, 0.1) is 9.88 Å². The van der Waals surface area contributed by atoms with E-state index in [1.165, 1.54) is 11.3 Å². The fourth-order valence-electron chi connectivity index (χ4n) is 2.66. The van der Waals surface area contributed by atoms with Crippen LogP contribution in [0.3, 0.4) is 0 Å². The molecule has 21 heavy (non-hydrogen) atoms. The van der Waals surface area contributed by atoms with E-state index in [4.69, 9.17) is 0 Å². The molecule has 0 amide bonds. The zero-order valence-electron chi connectivity index (χ0n) is 13.0. The molecule has 120 valence electrons. The first-order valence-corrected chi connectivity index (χ1v) is 8.20. The summed E-state index contributed by atoms with van der Waals surface area (Å²) in [6.45, 7) is 8.21. The summed E-state index contributed by atoms with van der Waals surface area (Å²) in [7, 11) is 0. The molecule has 1 aliphatic carbocycles. The minimum absolute atomic E-state index is 0.203. The van der Waals surface area contributed by atoms with Gasteiger partial charge in [-0.15, -0.1) is 11.3 Å². The molecule has 0 bridgehead atoms. The van der Waals surface area contributed by atoms with Crippen LogP contribution in [0.4, 0.5) is 13.2 Å². The second-order valence-corrected chi connectivity index (χ2v) is 8.16. The van der Waals surface area contributed by atoms with E-state index in [1.807, 2.05) is 20.8 Å². The van der Waals surface area contributed by atoms with Gasteiger partial charge in [0, 0.05) is 18.0 Å². The predicted octanol–water partition coefficient (Wildman–Crippen LogP) is 4.95. The molecule has 2 nitrogen and oxygen atoms in total. The zero-order chi connectivity index (χ0) is 15.8. The van der Waals surface area contributed by atoms with Crippen molar-refractivity contribution in [2.24, 2.45) is 5.92 Å². The number of aromatic nitrogens is 1. The number of halogens is 3. The molecule has 1 fully saturated rings. The topological polar surface area (TPSA) is 24.9 Å². The van der Waals surface area contributed by atoms with E-state index in [2.05, 4.69) is 17.2 Å². The molecule has 1 N–H and O–H groups in total. The van der Waals surface area contributed by atoms with Crippen LogP contribution < -0.4 is 5.32 Å². The molecular weight excluding hydrogens is 297 g/mol. The zero-order valence-corrected chi connectivity index (χ0v) is 13.8. The lowest BCUT2D eigenvalue weighted by atomic mass is 10.1. The standard InChI is InChI=1S/C15H23F3N2S/c1-9-5-6-10(7-9)13-20-12(15(16,17)18)11(21-13)8-19-14(2,3)4/h9-10,19H,5-8H2,1-4H3. The van der Waals surface area contributed by atoms with Gasteiger partial charge in [0.1, 0.15) is 0 Å². The number of alkyl halides is 3. The lowest BCUT2D eigenvalue weighted by Crippen LogP contribution is -2.35. The fraction of sp³-hybridized carbons (Fsp3) is 0.800. The highest BCUT2D eigenvalue weighted by Gasteiger charge is 2.39. The van der Waals surface area contributed by atoms with E-state index in [0.717, 1.165) is 19.3 Å². The fourth-order valence-corrected chi connectivity index (χ4v) is 3.84. The molecular formula is C15H23F3N2S. The maximum Gasteiger partial charge on any atom is 0.434 e. The maximum atomic E-state index is 13.2. The highest BCUT2D eigenvalue weighted by Crippen LogP contribution is 2.43. The number of nitrogens with one attached hydrogen (secondary N) is 1. The van der Waals surface area contributed by atoms with Crippen molar-refractivity contribution < 1.29 is 13.2 Å². The molecule has 0 aliphatic heterocycles. The van der Waals surface area contributed by atoms with E-state index in [9.17, 15) is 13.2 Å². The van der Waals surface area contributed by atoms with Gasteiger partial charge in [0.2, 0.25) is 0 Å². The first-order chi connectivity index (χ1) is 9.56. The number of rotatable bonds is 3. The Morgan fingerprint density at radius 1 is 1.24 bits per heavy atom. The molecule has 1 aliphatic rings. The highest BCUT2D eigenvalue weighted by molar-refractivity contribution is 7.11. The van der Waals surface area contributed by atoms with Crippen molar-refractivity contribution in [3.05, 3.63) is 15.6 Å². The van der Waals surface area contributed by atoms with Gasteiger partial charge >= 0.3 is 6.18 Å². The van der Waals surface area contributed by atoms with Gasteiger partial charge < -0.3 is 5.32 Å². The van der Waals surface area contributed by atoms with Crippen LogP contribution in [-0.4, -0.2) is 10.5 Å². The van der Waals surface area contributed by atoms with Crippen molar-refractivity contribution in [3.63, 3.8) is 0 Å². The van der Waals surface area contributed by atoms with E-state index in [1.54, 1.807) is 0 Å². The Morgan fingerprint density at radius 2 is 1.90 bits per heavy atom. The van der Waals surface area contributed by atoms with Crippen LogP contribution in [0.1, 0.15) is 68.5 Å². The van der Waals surface area contributed by atoms with Crippen molar-refractivity contribution in [3.8, 4) is 0 Å². The van der Waals surface area contributed by atoms with Gasteiger partial charge in [-0.3, -0.25) is 0 Å². The van der Waals surface area contributed by atoms with Crippen molar-refractivity contribution in [2.45, 2.75) is 71.1 Å². The molecule has 0 radical (unpaired) electrons. The van der Waals surface area contributed by atoms with E-state index in [0.29, 0.717) is 15.8 Å². The minimum atomic E-state index is -4.37. The first kappa shape index (κ1) is 16.7. The second kappa shape index (κ2) is 5.88. The summed E-state index contributed by atoms with van der Waals surface area (Å²) < 4.78 is 39.5. The number of thiazole rings is 1. The Bertz CT molecular complexity index is 488. The molecule has 0 spiro atoms. The lowest BCUT2D eigenvalue weighted by Gasteiger charge is -2.20. The van der Waals surface area contributed by atoms with Crippen molar-refractivity contribution in [1.29, 1.82) is 0 Å². The monoisotopic (exact) mass is 320 g/mol. The number of hydrogen-bond donors (Lipinski definition) is 1. The second-order valence-electron chi connectivity index (χ2n) is 7.04. The van der Waals surface area contributed by atoms with Crippen LogP contribution in [-0.2, 0) is 12.7 Å². The van der Waals surface area contributed by atoms with Crippen LogP contribution in [0, 0.1) is 5.92 Å². The Morgan fingerprint density at radius 3 is 2.38 bits per heavy atom. The van der Waals surface area contributed by atoms with Gasteiger partial charge in [-0.25, -0.2) is 4.98 Å². The summed E-state index contributed by atoms with van der Waals surface area (Å²) in [5.74, 6) is 0.791. The summed E-state index contributed by atoms with van der Waals surface area (Å²) in [5, 5.41) is 3.80. The van der Waals surface area contributed by atoms with Crippen molar-refractivity contribution >= 4 is 11.3 Å². The van der Waals surface area contributed by atoms with Gasteiger partial charge in [0.25, 0.3) is 0 Å². The molecule has 1 aromatic rings. The predicted molar refractivity (Wildman–Crippen MR) is 79.5 cm³/mol. The van der Waals surface area contributed by atoms with Crippen LogP contribution in [0.15, 0.2) is 0 Å². The summed E-state index contributed by atoms with van der Waals surface area (Å²) in [6.07, 6.45) is -1.37. The Hall–Kier alpha value is -0.620. The Balaban J connectivity index is 2.23. The molecule has 1 aromatic heterocycles. The average Bonchev–Trinajstić information content (AvgIpc) is 2.90. The Labute approximate surface area is 128 Å². The molecule has 1 saturated carbocycles. The van der Waals surface area contributed by atoms with Crippen molar-refractivity contribution in [1.82, 2.24) is 10.3 Å². The molecule has 2 unspecified atom stereocenters.